The van der Waals surface area contributed by atoms with Crippen molar-refractivity contribution in [2.75, 3.05) is 13.1 Å². The molecular formula is C23H20N2O. The number of nitrogens with zero attached hydrogens (tertiary/aromatic N) is 1. The molecule has 0 amide bonds. The Morgan fingerprint density at radius 3 is 2.58 bits per heavy atom. The van der Waals surface area contributed by atoms with Crippen LogP contribution in [0.25, 0.3) is 32.3 Å². The van der Waals surface area contributed by atoms with E-state index in [0.29, 0.717) is 6.61 Å². The Bertz CT molecular complexity index is 1130. The van der Waals surface area contributed by atoms with Gasteiger partial charge in [0.1, 0.15) is 6.61 Å². The van der Waals surface area contributed by atoms with E-state index in [1.807, 2.05) is 17.5 Å². The van der Waals surface area contributed by atoms with Gasteiger partial charge < -0.3 is 5.32 Å². The Labute approximate surface area is 152 Å². The van der Waals surface area contributed by atoms with Crippen LogP contribution in [0.3, 0.4) is 0 Å². The predicted molar refractivity (Wildman–Crippen MR) is 108 cm³/mol. The van der Waals surface area contributed by atoms with Crippen LogP contribution in [-0.2, 0) is 11.4 Å². The van der Waals surface area contributed by atoms with Crippen LogP contribution in [-0.4, -0.2) is 18.2 Å². The summed E-state index contributed by atoms with van der Waals surface area (Å²) in [4.78, 5) is 6.02. The first-order valence-corrected chi connectivity index (χ1v) is 9.02. The van der Waals surface area contributed by atoms with Gasteiger partial charge in [0, 0.05) is 18.9 Å². The van der Waals surface area contributed by atoms with Crippen LogP contribution in [0.15, 0.2) is 79.1 Å². The standard InChI is InChI=1S/C23H20N2O/c1-2-7-20-17(4-1)8-11-22-21(20)10-9-18-5-3-6-19(23(18)22)16-26-25-14-12-24-13-15-25/h1-12,14,24H,13,15-16H2. The Morgan fingerprint density at radius 2 is 1.65 bits per heavy atom. The molecule has 0 fully saturated rings. The van der Waals surface area contributed by atoms with Crippen LogP contribution >= 0.6 is 0 Å². The smallest absolute Gasteiger partial charge is 0.101 e. The van der Waals surface area contributed by atoms with Crippen molar-refractivity contribution in [1.29, 1.82) is 0 Å². The lowest BCUT2D eigenvalue weighted by Gasteiger charge is -2.23. The van der Waals surface area contributed by atoms with Crippen LogP contribution < -0.4 is 5.32 Å². The van der Waals surface area contributed by atoms with Crippen molar-refractivity contribution >= 4 is 32.3 Å². The quantitative estimate of drug-likeness (QED) is 0.534. The fourth-order valence-corrected chi connectivity index (χ4v) is 3.80. The minimum absolute atomic E-state index is 0.563. The minimum atomic E-state index is 0.563. The third-order valence-corrected chi connectivity index (χ3v) is 5.07. The molecule has 0 saturated carbocycles. The Morgan fingerprint density at radius 1 is 0.808 bits per heavy atom. The molecule has 3 nitrogen and oxygen atoms in total. The molecule has 0 radical (unpaired) electrons. The van der Waals surface area contributed by atoms with Gasteiger partial charge in [-0.2, -0.15) is 0 Å². The summed E-state index contributed by atoms with van der Waals surface area (Å²) in [5.74, 6) is 0. The van der Waals surface area contributed by atoms with E-state index in [2.05, 4.69) is 72.0 Å². The maximum atomic E-state index is 6.02. The Balaban J connectivity index is 1.65. The first-order valence-electron chi connectivity index (χ1n) is 9.02. The minimum Gasteiger partial charge on any atom is -0.388 e. The largest absolute Gasteiger partial charge is 0.388 e. The van der Waals surface area contributed by atoms with E-state index >= 15 is 0 Å². The molecule has 4 aromatic rings. The Kier molecular flexibility index (Phi) is 3.72. The average molecular weight is 340 g/mol. The third-order valence-electron chi connectivity index (χ3n) is 5.07. The van der Waals surface area contributed by atoms with E-state index in [-0.39, 0.29) is 0 Å². The fraction of sp³-hybridized carbons (Fsp3) is 0.130. The number of fused-ring (bicyclic) bond motifs is 5. The molecule has 0 unspecified atom stereocenters. The second kappa shape index (κ2) is 6.36. The van der Waals surface area contributed by atoms with Crippen molar-refractivity contribution < 1.29 is 4.84 Å². The zero-order chi connectivity index (χ0) is 17.3. The summed E-state index contributed by atoms with van der Waals surface area (Å²) >= 11 is 0. The van der Waals surface area contributed by atoms with Crippen LogP contribution in [0.5, 0.6) is 0 Å². The van der Waals surface area contributed by atoms with Gasteiger partial charge >= 0.3 is 0 Å². The van der Waals surface area contributed by atoms with Crippen molar-refractivity contribution in [3.8, 4) is 0 Å². The van der Waals surface area contributed by atoms with E-state index < -0.39 is 0 Å². The molecule has 0 atom stereocenters. The van der Waals surface area contributed by atoms with Crippen molar-refractivity contribution in [3.05, 3.63) is 84.7 Å². The zero-order valence-electron chi connectivity index (χ0n) is 14.5. The summed E-state index contributed by atoms with van der Waals surface area (Å²) in [5, 5.41) is 12.8. The molecule has 128 valence electrons. The fourth-order valence-electron chi connectivity index (χ4n) is 3.80. The highest BCUT2D eigenvalue weighted by atomic mass is 16.7. The number of hydrogen-bond donors (Lipinski definition) is 1. The lowest BCUT2D eigenvalue weighted by Crippen LogP contribution is -2.31. The predicted octanol–water partition coefficient (Wildman–Crippen LogP) is 4.95. The summed E-state index contributed by atoms with van der Waals surface area (Å²) in [6.45, 7) is 2.32. The summed E-state index contributed by atoms with van der Waals surface area (Å²) in [5.41, 5.74) is 1.22. The topological polar surface area (TPSA) is 24.5 Å². The second-order valence-corrected chi connectivity index (χ2v) is 6.65. The zero-order valence-corrected chi connectivity index (χ0v) is 14.5. The Hall–Kier alpha value is -3.04. The molecule has 3 heteroatoms. The molecule has 1 heterocycles. The van der Waals surface area contributed by atoms with Crippen molar-refractivity contribution in [1.82, 2.24) is 10.4 Å². The van der Waals surface area contributed by atoms with Gasteiger partial charge in [-0.3, -0.25) is 9.90 Å². The highest BCUT2D eigenvalue weighted by Crippen LogP contribution is 2.33. The molecule has 0 saturated heterocycles. The van der Waals surface area contributed by atoms with E-state index in [1.165, 1.54) is 37.9 Å². The van der Waals surface area contributed by atoms with Crippen LogP contribution in [0, 0.1) is 0 Å². The SMILES string of the molecule is C1=CN(OCc2cccc3ccc4c5ccccc5ccc4c23)CCN1. The van der Waals surface area contributed by atoms with E-state index in [0.717, 1.165) is 13.1 Å². The van der Waals surface area contributed by atoms with Crippen LogP contribution in [0.4, 0.5) is 0 Å². The van der Waals surface area contributed by atoms with E-state index in [9.17, 15) is 0 Å². The summed E-state index contributed by atoms with van der Waals surface area (Å²) in [6, 6.07) is 24.0. The van der Waals surface area contributed by atoms with E-state index in [1.54, 1.807) is 0 Å². The number of nitrogens with one attached hydrogen (secondary N) is 1. The normalized spacial score (nSPS) is 14.2. The van der Waals surface area contributed by atoms with Gasteiger partial charge in [-0.05, 0) is 37.9 Å². The van der Waals surface area contributed by atoms with Gasteiger partial charge in [0.15, 0.2) is 0 Å². The van der Waals surface area contributed by atoms with Crippen LogP contribution in [0.2, 0.25) is 0 Å². The first-order chi connectivity index (χ1) is 12.9. The number of hydroxylamine groups is 2. The molecule has 4 aromatic carbocycles. The van der Waals surface area contributed by atoms with Gasteiger partial charge in [0.2, 0.25) is 0 Å². The lowest BCUT2D eigenvalue weighted by atomic mass is 9.94. The van der Waals surface area contributed by atoms with Crippen molar-refractivity contribution in [2.45, 2.75) is 6.61 Å². The maximum Gasteiger partial charge on any atom is 0.101 e. The summed E-state index contributed by atoms with van der Waals surface area (Å²) in [6.07, 6.45) is 3.87. The summed E-state index contributed by atoms with van der Waals surface area (Å²) < 4.78 is 0. The van der Waals surface area contributed by atoms with Crippen molar-refractivity contribution in [3.63, 3.8) is 0 Å². The van der Waals surface area contributed by atoms with Gasteiger partial charge in [-0.25, -0.2) is 0 Å². The molecule has 26 heavy (non-hydrogen) atoms. The second-order valence-electron chi connectivity index (χ2n) is 6.65. The molecule has 1 aliphatic rings. The monoisotopic (exact) mass is 340 g/mol. The molecule has 1 aliphatic heterocycles. The average Bonchev–Trinajstić information content (AvgIpc) is 2.72. The molecule has 0 bridgehead atoms. The highest BCUT2D eigenvalue weighted by molar-refractivity contribution is 6.18. The molecule has 0 aromatic heterocycles. The molecule has 5 rings (SSSR count). The van der Waals surface area contributed by atoms with Gasteiger partial charge in [0.05, 0.1) is 6.54 Å². The molecule has 0 aliphatic carbocycles. The summed E-state index contributed by atoms with van der Waals surface area (Å²) in [7, 11) is 0. The van der Waals surface area contributed by atoms with Crippen molar-refractivity contribution in [2.24, 2.45) is 0 Å². The lowest BCUT2D eigenvalue weighted by molar-refractivity contribution is -0.133. The first kappa shape index (κ1) is 15.2. The number of hydrogen-bond acceptors (Lipinski definition) is 3. The van der Waals surface area contributed by atoms with E-state index in [4.69, 9.17) is 4.84 Å². The van der Waals surface area contributed by atoms with Crippen LogP contribution in [0.1, 0.15) is 5.56 Å². The van der Waals surface area contributed by atoms with Gasteiger partial charge in [-0.15, -0.1) is 0 Å². The highest BCUT2D eigenvalue weighted by Gasteiger charge is 2.10. The number of rotatable bonds is 3. The number of benzene rings is 4. The van der Waals surface area contributed by atoms with Gasteiger partial charge in [0.25, 0.3) is 0 Å². The maximum absolute atomic E-state index is 6.02. The molecular weight excluding hydrogens is 320 g/mol. The third kappa shape index (κ3) is 2.57. The van der Waals surface area contributed by atoms with Gasteiger partial charge in [-0.1, -0.05) is 66.7 Å². The molecule has 1 N–H and O–H groups in total. The molecule has 0 spiro atoms.